The molecule has 6 heteroatoms. The van der Waals surface area contributed by atoms with Gasteiger partial charge in [-0.2, -0.15) is 0 Å². The maximum Gasteiger partial charge on any atom is 0.226 e. The molecule has 0 amide bonds. The van der Waals surface area contributed by atoms with E-state index in [-0.39, 0.29) is 6.17 Å². The first kappa shape index (κ1) is 12.7. The van der Waals surface area contributed by atoms with Gasteiger partial charge < -0.3 is 16.4 Å². The summed E-state index contributed by atoms with van der Waals surface area (Å²) in [6.07, 6.45) is 4.47. The van der Waals surface area contributed by atoms with E-state index in [1.165, 1.54) is 11.1 Å². The number of nitrogens with two attached hydrogens (primary N) is 2. The highest BCUT2D eigenvalue weighted by Crippen LogP contribution is 2.23. The van der Waals surface area contributed by atoms with Crippen molar-refractivity contribution in [2.75, 3.05) is 5.73 Å². The Morgan fingerprint density at radius 2 is 1.80 bits per heavy atom. The van der Waals surface area contributed by atoms with Crippen LogP contribution in [-0.4, -0.2) is 19.7 Å². The number of rotatable bonds is 3. The van der Waals surface area contributed by atoms with Gasteiger partial charge in [0.1, 0.15) is 6.17 Å². The first-order valence-corrected chi connectivity index (χ1v) is 6.66. The van der Waals surface area contributed by atoms with Crippen molar-refractivity contribution < 1.29 is 0 Å². The van der Waals surface area contributed by atoms with Gasteiger partial charge in [-0.05, 0) is 17.5 Å². The molecule has 2 aromatic rings. The van der Waals surface area contributed by atoms with Gasteiger partial charge in [-0.1, -0.05) is 31.2 Å². The molecule has 1 aromatic heterocycles. The standard InChI is InChI=1S/C14H18N6/c1-2-10-3-5-11(6-4-10)9-19-7-8-20-13(12(19)15)17-18-14(20)16/h3-8,12H,2,9,15H2,1H3,(H2,16,18). The lowest BCUT2D eigenvalue weighted by Gasteiger charge is -2.30. The highest BCUT2D eigenvalue weighted by molar-refractivity contribution is 5.39. The molecule has 1 aliphatic rings. The van der Waals surface area contributed by atoms with E-state index in [1.54, 1.807) is 4.57 Å². The van der Waals surface area contributed by atoms with Crippen LogP contribution in [0.3, 0.4) is 0 Å². The number of anilines is 1. The molecular formula is C14H18N6. The van der Waals surface area contributed by atoms with Gasteiger partial charge in [-0.25, -0.2) is 0 Å². The van der Waals surface area contributed by atoms with Crippen LogP contribution in [0.25, 0.3) is 6.20 Å². The number of hydrogen-bond donors (Lipinski definition) is 2. The second kappa shape index (κ2) is 4.97. The van der Waals surface area contributed by atoms with Gasteiger partial charge in [0.2, 0.25) is 5.95 Å². The fourth-order valence-electron chi connectivity index (χ4n) is 2.31. The second-order valence-corrected chi connectivity index (χ2v) is 4.87. The molecule has 1 aromatic carbocycles. The Bertz CT molecular complexity index is 628. The zero-order valence-electron chi connectivity index (χ0n) is 11.4. The summed E-state index contributed by atoms with van der Waals surface area (Å²) in [6, 6.07) is 8.56. The number of hydrogen-bond acceptors (Lipinski definition) is 5. The number of nitrogen functional groups attached to an aromatic ring is 1. The van der Waals surface area contributed by atoms with Gasteiger partial charge in [0, 0.05) is 18.9 Å². The van der Waals surface area contributed by atoms with E-state index in [9.17, 15) is 0 Å². The molecule has 1 aliphatic heterocycles. The summed E-state index contributed by atoms with van der Waals surface area (Å²) in [6.45, 7) is 2.88. The normalized spacial score (nSPS) is 17.3. The number of aryl methyl sites for hydroxylation is 1. The summed E-state index contributed by atoms with van der Waals surface area (Å²) in [7, 11) is 0. The molecule has 1 unspecified atom stereocenters. The zero-order valence-corrected chi connectivity index (χ0v) is 11.4. The molecule has 0 aliphatic carbocycles. The summed E-state index contributed by atoms with van der Waals surface area (Å²) in [4.78, 5) is 2.02. The van der Waals surface area contributed by atoms with Crippen LogP contribution in [0.5, 0.6) is 0 Å². The Balaban J connectivity index is 1.79. The molecule has 4 N–H and O–H groups in total. The molecule has 2 heterocycles. The zero-order chi connectivity index (χ0) is 14.1. The lowest BCUT2D eigenvalue weighted by atomic mass is 10.1. The fraction of sp³-hybridized carbons (Fsp3) is 0.286. The average Bonchev–Trinajstić information content (AvgIpc) is 2.85. The minimum absolute atomic E-state index is 0.337. The third kappa shape index (κ3) is 2.14. The van der Waals surface area contributed by atoms with E-state index in [0.717, 1.165) is 13.0 Å². The van der Waals surface area contributed by atoms with Crippen LogP contribution in [0.1, 0.15) is 30.0 Å². The molecule has 0 saturated heterocycles. The minimum Gasteiger partial charge on any atom is -0.368 e. The second-order valence-electron chi connectivity index (χ2n) is 4.87. The molecule has 0 spiro atoms. The molecule has 0 saturated carbocycles. The van der Waals surface area contributed by atoms with E-state index >= 15 is 0 Å². The van der Waals surface area contributed by atoms with E-state index in [0.29, 0.717) is 11.8 Å². The van der Waals surface area contributed by atoms with Gasteiger partial charge in [0.25, 0.3) is 0 Å². The van der Waals surface area contributed by atoms with Crippen molar-refractivity contribution in [3.63, 3.8) is 0 Å². The highest BCUT2D eigenvalue weighted by atomic mass is 15.4. The van der Waals surface area contributed by atoms with E-state index in [1.807, 2.05) is 17.3 Å². The molecule has 6 nitrogen and oxygen atoms in total. The first-order chi connectivity index (χ1) is 9.69. The Labute approximate surface area is 117 Å². The minimum atomic E-state index is -0.337. The van der Waals surface area contributed by atoms with Gasteiger partial charge >= 0.3 is 0 Å². The van der Waals surface area contributed by atoms with Crippen molar-refractivity contribution in [3.8, 4) is 0 Å². The van der Waals surface area contributed by atoms with Crippen molar-refractivity contribution in [2.45, 2.75) is 26.1 Å². The van der Waals surface area contributed by atoms with E-state index in [4.69, 9.17) is 11.5 Å². The summed E-state index contributed by atoms with van der Waals surface area (Å²) in [5.41, 5.74) is 14.5. The number of fused-ring (bicyclic) bond motifs is 1. The van der Waals surface area contributed by atoms with Crippen LogP contribution >= 0.6 is 0 Å². The van der Waals surface area contributed by atoms with Crippen molar-refractivity contribution >= 4 is 12.1 Å². The van der Waals surface area contributed by atoms with E-state index < -0.39 is 0 Å². The number of benzene rings is 1. The van der Waals surface area contributed by atoms with Gasteiger partial charge in [0.05, 0.1) is 0 Å². The van der Waals surface area contributed by atoms with E-state index in [2.05, 4.69) is 41.4 Å². The van der Waals surface area contributed by atoms with Crippen molar-refractivity contribution in [1.82, 2.24) is 19.7 Å². The van der Waals surface area contributed by atoms with Gasteiger partial charge in [0.15, 0.2) is 5.82 Å². The Morgan fingerprint density at radius 3 is 2.50 bits per heavy atom. The summed E-state index contributed by atoms with van der Waals surface area (Å²) < 4.78 is 1.71. The molecule has 0 radical (unpaired) electrons. The monoisotopic (exact) mass is 270 g/mol. The molecule has 20 heavy (non-hydrogen) atoms. The molecule has 0 fully saturated rings. The van der Waals surface area contributed by atoms with Gasteiger partial charge in [-0.15, -0.1) is 10.2 Å². The number of aromatic nitrogens is 3. The van der Waals surface area contributed by atoms with Crippen molar-refractivity contribution in [2.24, 2.45) is 5.73 Å². The molecule has 1 atom stereocenters. The van der Waals surface area contributed by atoms with Crippen molar-refractivity contribution in [3.05, 3.63) is 47.4 Å². The number of nitrogens with zero attached hydrogens (tertiary/aromatic N) is 4. The smallest absolute Gasteiger partial charge is 0.226 e. The SMILES string of the molecule is CCc1ccc(CN2C=Cn3c(N)nnc3C2N)cc1. The Kier molecular flexibility index (Phi) is 3.15. The predicted octanol–water partition coefficient (Wildman–Crippen LogP) is 1.32. The third-order valence-electron chi connectivity index (χ3n) is 3.57. The highest BCUT2D eigenvalue weighted by Gasteiger charge is 2.24. The molecule has 3 rings (SSSR count). The molecular weight excluding hydrogens is 252 g/mol. The Hall–Kier alpha value is -2.34. The van der Waals surface area contributed by atoms with Crippen LogP contribution in [-0.2, 0) is 13.0 Å². The predicted molar refractivity (Wildman–Crippen MR) is 78.1 cm³/mol. The lowest BCUT2D eigenvalue weighted by Crippen LogP contribution is -2.34. The fourth-order valence-corrected chi connectivity index (χ4v) is 2.31. The summed E-state index contributed by atoms with van der Waals surface area (Å²) in [5.74, 6) is 1.02. The maximum absolute atomic E-state index is 6.20. The molecule has 104 valence electrons. The summed E-state index contributed by atoms with van der Waals surface area (Å²) >= 11 is 0. The Morgan fingerprint density at radius 1 is 1.10 bits per heavy atom. The molecule has 0 bridgehead atoms. The maximum atomic E-state index is 6.20. The summed E-state index contributed by atoms with van der Waals surface area (Å²) in [5, 5.41) is 7.87. The average molecular weight is 270 g/mol. The van der Waals surface area contributed by atoms with Crippen LogP contribution in [0.4, 0.5) is 5.95 Å². The quantitative estimate of drug-likeness (QED) is 0.878. The van der Waals surface area contributed by atoms with Crippen LogP contribution in [0.2, 0.25) is 0 Å². The van der Waals surface area contributed by atoms with Gasteiger partial charge in [-0.3, -0.25) is 4.57 Å². The topological polar surface area (TPSA) is 86.0 Å². The lowest BCUT2D eigenvalue weighted by molar-refractivity contribution is 0.259. The van der Waals surface area contributed by atoms with Crippen LogP contribution in [0.15, 0.2) is 30.5 Å². The van der Waals surface area contributed by atoms with Crippen molar-refractivity contribution in [1.29, 1.82) is 0 Å². The largest absolute Gasteiger partial charge is 0.368 e. The first-order valence-electron chi connectivity index (χ1n) is 6.66. The third-order valence-corrected chi connectivity index (χ3v) is 3.57. The van der Waals surface area contributed by atoms with Crippen LogP contribution in [0, 0.1) is 0 Å². The van der Waals surface area contributed by atoms with Crippen LogP contribution < -0.4 is 11.5 Å².